The number of aliphatic hydroxyl groups is 1. The molecule has 0 unspecified atom stereocenters. The molecule has 2 rings (SSSR count). The molecule has 5 nitrogen and oxygen atoms in total. The molecule has 7 heteroatoms. The van der Waals surface area contributed by atoms with Crippen LogP contribution in [0.3, 0.4) is 0 Å². The maximum atomic E-state index is 12.0. The number of nitrogens with one attached hydrogen (secondary N) is 1. The number of aryl methyl sites for hydroxylation is 1. The number of carbonyl (C=O) groups is 1. The molecule has 0 bridgehead atoms. The van der Waals surface area contributed by atoms with Gasteiger partial charge in [0.05, 0.1) is 22.8 Å². The number of aromatic nitrogens is 2. The van der Waals surface area contributed by atoms with Crippen LogP contribution in [-0.2, 0) is 11.2 Å². The summed E-state index contributed by atoms with van der Waals surface area (Å²) in [4.78, 5) is 12.0. The summed E-state index contributed by atoms with van der Waals surface area (Å²) in [5, 5.41) is 17.1. The molecule has 0 aliphatic carbocycles. The van der Waals surface area contributed by atoms with Crippen molar-refractivity contribution < 1.29 is 9.90 Å². The second-order valence-corrected chi connectivity index (χ2v) is 6.10. The van der Waals surface area contributed by atoms with Crippen LogP contribution in [0.25, 0.3) is 5.69 Å². The van der Waals surface area contributed by atoms with Gasteiger partial charge >= 0.3 is 0 Å². The summed E-state index contributed by atoms with van der Waals surface area (Å²) >= 11 is 12.2. The Morgan fingerprint density at radius 2 is 2.09 bits per heavy atom. The molecule has 0 saturated carbocycles. The SMILES string of the molecule is Cc1nn(-c2ccc(Cl)cc2Cl)c(C)c1CC(=O)NCCCO. The van der Waals surface area contributed by atoms with Crippen LogP contribution >= 0.6 is 23.2 Å². The first kappa shape index (κ1) is 17.8. The van der Waals surface area contributed by atoms with Crippen LogP contribution in [0, 0.1) is 13.8 Å². The van der Waals surface area contributed by atoms with Gasteiger partial charge in [0.15, 0.2) is 0 Å². The van der Waals surface area contributed by atoms with E-state index in [4.69, 9.17) is 28.3 Å². The number of benzene rings is 1. The van der Waals surface area contributed by atoms with E-state index in [9.17, 15) is 4.79 Å². The van der Waals surface area contributed by atoms with E-state index in [0.29, 0.717) is 23.0 Å². The minimum Gasteiger partial charge on any atom is -0.396 e. The van der Waals surface area contributed by atoms with Gasteiger partial charge in [-0.25, -0.2) is 4.68 Å². The molecule has 0 fully saturated rings. The van der Waals surface area contributed by atoms with E-state index in [2.05, 4.69) is 10.4 Å². The minimum atomic E-state index is -0.0913. The quantitative estimate of drug-likeness (QED) is 0.783. The van der Waals surface area contributed by atoms with E-state index in [0.717, 1.165) is 22.6 Å². The Morgan fingerprint density at radius 3 is 2.74 bits per heavy atom. The van der Waals surface area contributed by atoms with Crippen LogP contribution in [-0.4, -0.2) is 33.9 Å². The Labute approximate surface area is 145 Å². The smallest absolute Gasteiger partial charge is 0.224 e. The van der Waals surface area contributed by atoms with Gasteiger partial charge in [-0.3, -0.25) is 4.79 Å². The predicted molar refractivity (Wildman–Crippen MR) is 91.5 cm³/mol. The lowest BCUT2D eigenvalue weighted by Crippen LogP contribution is -2.27. The van der Waals surface area contributed by atoms with Crippen LogP contribution in [0.2, 0.25) is 10.0 Å². The molecular formula is C16H19Cl2N3O2. The van der Waals surface area contributed by atoms with Gasteiger partial charge in [-0.2, -0.15) is 5.10 Å². The average Bonchev–Trinajstić information content (AvgIpc) is 2.76. The van der Waals surface area contributed by atoms with Crippen molar-refractivity contribution >= 4 is 29.1 Å². The summed E-state index contributed by atoms with van der Waals surface area (Å²) in [5.41, 5.74) is 3.25. The number of nitrogens with zero attached hydrogens (tertiary/aromatic N) is 2. The number of rotatable bonds is 6. The Kier molecular flexibility index (Phi) is 6.04. The second kappa shape index (κ2) is 7.81. The third-order valence-corrected chi connectivity index (χ3v) is 4.11. The normalized spacial score (nSPS) is 10.8. The fourth-order valence-electron chi connectivity index (χ4n) is 2.35. The summed E-state index contributed by atoms with van der Waals surface area (Å²) < 4.78 is 1.73. The Bertz CT molecular complexity index is 714. The van der Waals surface area contributed by atoms with Crippen molar-refractivity contribution in [1.82, 2.24) is 15.1 Å². The molecule has 0 radical (unpaired) electrons. The molecule has 0 aliphatic heterocycles. The lowest BCUT2D eigenvalue weighted by molar-refractivity contribution is -0.120. The molecule has 1 amide bonds. The third-order valence-electron chi connectivity index (χ3n) is 3.57. The van der Waals surface area contributed by atoms with Gasteiger partial charge in [0.25, 0.3) is 0 Å². The van der Waals surface area contributed by atoms with Gasteiger partial charge in [0.1, 0.15) is 0 Å². The molecule has 0 aliphatic rings. The third kappa shape index (κ3) is 4.25. The van der Waals surface area contributed by atoms with Crippen molar-refractivity contribution in [3.8, 4) is 5.69 Å². The van der Waals surface area contributed by atoms with Crippen LogP contribution in [0.5, 0.6) is 0 Å². The van der Waals surface area contributed by atoms with Crippen molar-refractivity contribution in [2.45, 2.75) is 26.7 Å². The first-order valence-corrected chi connectivity index (χ1v) is 8.07. The summed E-state index contributed by atoms with van der Waals surface area (Å²) in [7, 11) is 0. The molecule has 0 saturated heterocycles. The molecule has 1 aromatic carbocycles. The highest BCUT2D eigenvalue weighted by Crippen LogP contribution is 2.27. The van der Waals surface area contributed by atoms with Crippen LogP contribution < -0.4 is 5.32 Å². The number of carbonyl (C=O) groups excluding carboxylic acids is 1. The highest BCUT2D eigenvalue weighted by Gasteiger charge is 2.17. The van der Waals surface area contributed by atoms with E-state index in [1.165, 1.54) is 0 Å². The molecule has 2 N–H and O–H groups in total. The Morgan fingerprint density at radius 1 is 1.35 bits per heavy atom. The number of halogens is 2. The fourth-order valence-corrected chi connectivity index (χ4v) is 2.84. The summed E-state index contributed by atoms with van der Waals surface area (Å²) in [6.45, 7) is 4.29. The van der Waals surface area contributed by atoms with E-state index >= 15 is 0 Å². The highest BCUT2D eigenvalue weighted by atomic mass is 35.5. The number of hydrogen-bond donors (Lipinski definition) is 2. The van der Waals surface area contributed by atoms with E-state index in [1.54, 1.807) is 22.9 Å². The van der Waals surface area contributed by atoms with E-state index < -0.39 is 0 Å². The van der Waals surface area contributed by atoms with Gasteiger partial charge in [-0.05, 0) is 38.5 Å². The van der Waals surface area contributed by atoms with Gasteiger partial charge in [-0.15, -0.1) is 0 Å². The van der Waals surface area contributed by atoms with Crippen molar-refractivity contribution in [2.75, 3.05) is 13.2 Å². The van der Waals surface area contributed by atoms with Crippen LogP contribution in [0.15, 0.2) is 18.2 Å². The van der Waals surface area contributed by atoms with Crippen molar-refractivity contribution in [3.63, 3.8) is 0 Å². The maximum absolute atomic E-state index is 12.0. The monoisotopic (exact) mass is 355 g/mol. The van der Waals surface area contributed by atoms with Gasteiger partial charge in [0, 0.05) is 29.4 Å². The largest absolute Gasteiger partial charge is 0.396 e. The zero-order valence-corrected chi connectivity index (χ0v) is 14.6. The van der Waals surface area contributed by atoms with Gasteiger partial charge < -0.3 is 10.4 Å². The first-order valence-electron chi connectivity index (χ1n) is 7.32. The molecule has 23 heavy (non-hydrogen) atoms. The second-order valence-electron chi connectivity index (χ2n) is 5.26. The number of amides is 1. The molecular weight excluding hydrogens is 337 g/mol. The zero-order valence-electron chi connectivity index (χ0n) is 13.1. The fraction of sp³-hybridized carbons (Fsp3) is 0.375. The number of aliphatic hydroxyl groups excluding tert-OH is 1. The Hall–Kier alpha value is -1.56. The van der Waals surface area contributed by atoms with Crippen LogP contribution in [0.4, 0.5) is 0 Å². The summed E-state index contributed by atoms with van der Waals surface area (Å²) in [6.07, 6.45) is 0.789. The summed E-state index contributed by atoms with van der Waals surface area (Å²) in [6, 6.07) is 5.21. The molecule has 1 heterocycles. The minimum absolute atomic E-state index is 0.0608. The average molecular weight is 356 g/mol. The van der Waals surface area contributed by atoms with Crippen molar-refractivity contribution in [1.29, 1.82) is 0 Å². The lowest BCUT2D eigenvalue weighted by Gasteiger charge is -2.08. The summed E-state index contributed by atoms with van der Waals surface area (Å²) in [5.74, 6) is -0.0913. The molecule has 0 spiro atoms. The topological polar surface area (TPSA) is 67.2 Å². The van der Waals surface area contributed by atoms with Crippen molar-refractivity contribution in [3.05, 3.63) is 45.2 Å². The molecule has 124 valence electrons. The van der Waals surface area contributed by atoms with Gasteiger partial charge in [0.2, 0.25) is 5.91 Å². The number of hydrogen-bond acceptors (Lipinski definition) is 3. The zero-order chi connectivity index (χ0) is 17.0. The van der Waals surface area contributed by atoms with Gasteiger partial charge in [-0.1, -0.05) is 23.2 Å². The van der Waals surface area contributed by atoms with Crippen LogP contribution in [0.1, 0.15) is 23.4 Å². The predicted octanol–water partition coefficient (Wildman–Crippen LogP) is 2.84. The molecule has 1 aromatic heterocycles. The molecule has 2 aromatic rings. The van der Waals surface area contributed by atoms with E-state index in [1.807, 2.05) is 13.8 Å². The first-order chi connectivity index (χ1) is 10.9. The lowest BCUT2D eigenvalue weighted by atomic mass is 10.1. The maximum Gasteiger partial charge on any atom is 0.224 e. The Balaban J connectivity index is 2.24. The highest BCUT2D eigenvalue weighted by molar-refractivity contribution is 6.35. The van der Waals surface area contributed by atoms with Crippen molar-refractivity contribution in [2.24, 2.45) is 0 Å². The molecule has 0 atom stereocenters. The standard InChI is InChI=1S/C16H19Cl2N3O2/c1-10-13(9-16(23)19-6-3-7-22)11(2)21(20-10)15-5-4-12(17)8-14(15)18/h4-5,8,22H,3,6-7,9H2,1-2H3,(H,19,23). The van der Waals surface area contributed by atoms with E-state index in [-0.39, 0.29) is 18.9 Å².